The number of amides is 1. The van der Waals surface area contributed by atoms with Crippen LogP contribution in [0.3, 0.4) is 0 Å². The summed E-state index contributed by atoms with van der Waals surface area (Å²) >= 11 is 0. The normalized spacial score (nSPS) is 13.2. The minimum Gasteiger partial charge on any atom is -0.464 e. The van der Waals surface area contributed by atoms with Crippen LogP contribution in [0.1, 0.15) is 111 Å². The molecule has 0 bridgehead atoms. The Kier molecular flexibility index (Phi) is 17.5. The number of carbonyl (C=O) groups is 2. The Bertz CT molecular complexity index is 373. The van der Waals surface area contributed by atoms with E-state index in [1.54, 1.807) is 0 Å². The van der Waals surface area contributed by atoms with Crippen molar-refractivity contribution in [1.82, 2.24) is 5.32 Å². The number of hydrogen-bond donors (Lipinski definition) is 2. The maximum atomic E-state index is 11.2. The number of aliphatic hydroxyl groups is 1. The van der Waals surface area contributed by atoms with E-state index < -0.39 is 18.1 Å². The Labute approximate surface area is 166 Å². The molecule has 5 heteroatoms. The largest absolute Gasteiger partial charge is 0.464 e. The molecule has 27 heavy (non-hydrogen) atoms. The summed E-state index contributed by atoms with van der Waals surface area (Å²) in [5.74, 6) is -0.630. The van der Waals surface area contributed by atoms with E-state index in [1.165, 1.54) is 84.5 Å². The predicted octanol–water partition coefficient (Wildman–Crippen LogP) is 4.90. The fraction of sp³-hybridized carbons (Fsp3) is 0.909. The number of ether oxygens (including phenoxy) is 1. The number of esters is 1. The molecule has 0 aromatic rings. The zero-order valence-corrected chi connectivity index (χ0v) is 17.9. The Morgan fingerprint density at radius 3 is 1.67 bits per heavy atom. The number of carbonyl (C=O) groups excluding carboxylic acids is 2. The van der Waals surface area contributed by atoms with Gasteiger partial charge in [-0.15, -0.1) is 0 Å². The van der Waals surface area contributed by atoms with Gasteiger partial charge < -0.3 is 15.2 Å². The van der Waals surface area contributed by atoms with Gasteiger partial charge in [-0.1, -0.05) is 90.4 Å². The van der Waals surface area contributed by atoms with Gasteiger partial charge in [0, 0.05) is 13.8 Å². The Hall–Kier alpha value is -1.10. The molecule has 2 unspecified atom stereocenters. The second-order valence-corrected chi connectivity index (χ2v) is 7.71. The van der Waals surface area contributed by atoms with Crippen molar-refractivity contribution in [3.8, 4) is 0 Å². The Morgan fingerprint density at radius 1 is 0.815 bits per heavy atom. The maximum absolute atomic E-state index is 11.2. The van der Waals surface area contributed by atoms with Gasteiger partial charge in [-0.25, -0.2) is 0 Å². The lowest BCUT2D eigenvalue weighted by atomic mass is 10.0. The number of nitrogens with one attached hydrogen (secondary N) is 1. The van der Waals surface area contributed by atoms with Crippen molar-refractivity contribution >= 4 is 11.9 Å². The molecule has 0 saturated heterocycles. The molecule has 0 spiro atoms. The summed E-state index contributed by atoms with van der Waals surface area (Å²) in [6.07, 6.45) is 16.7. The lowest BCUT2D eigenvalue weighted by molar-refractivity contribution is -0.143. The highest BCUT2D eigenvalue weighted by Crippen LogP contribution is 2.14. The third-order valence-electron chi connectivity index (χ3n) is 4.92. The Morgan fingerprint density at radius 2 is 1.26 bits per heavy atom. The summed E-state index contributed by atoms with van der Waals surface area (Å²) in [7, 11) is 0. The van der Waals surface area contributed by atoms with Gasteiger partial charge in [-0.3, -0.25) is 9.59 Å². The van der Waals surface area contributed by atoms with Crippen LogP contribution < -0.4 is 5.32 Å². The third-order valence-corrected chi connectivity index (χ3v) is 4.92. The summed E-state index contributed by atoms with van der Waals surface area (Å²) in [6.45, 7) is 5.00. The molecule has 1 amide bonds. The topological polar surface area (TPSA) is 75.6 Å². The summed E-state index contributed by atoms with van der Waals surface area (Å²) in [4.78, 5) is 22.2. The SMILES string of the molecule is CCCCCCCCCCCCCCCC(O)C(COC(C)=O)NC(C)=O. The van der Waals surface area contributed by atoms with Crippen molar-refractivity contribution in [2.45, 2.75) is 123 Å². The van der Waals surface area contributed by atoms with Gasteiger partial charge >= 0.3 is 5.97 Å². The zero-order chi connectivity index (χ0) is 20.3. The standard InChI is InChI=1S/C22H43NO4/c1-4-5-6-7-8-9-10-11-12-13-14-15-16-17-22(26)21(23-19(2)24)18-27-20(3)25/h21-22,26H,4-18H2,1-3H3,(H,23,24). The monoisotopic (exact) mass is 385 g/mol. The first-order chi connectivity index (χ1) is 13.0. The zero-order valence-electron chi connectivity index (χ0n) is 17.9. The average Bonchev–Trinajstić information content (AvgIpc) is 2.61. The van der Waals surface area contributed by atoms with E-state index in [9.17, 15) is 14.7 Å². The number of rotatable bonds is 18. The Balaban J connectivity index is 3.60. The van der Waals surface area contributed by atoms with E-state index in [0.717, 1.165) is 12.8 Å². The van der Waals surface area contributed by atoms with Crippen LogP contribution in [0.25, 0.3) is 0 Å². The quantitative estimate of drug-likeness (QED) is 0.260. The molecule has 160 valence electrons. The summed E-state index contributed by atoms with van der Waals surface area (Å²) in [5.41, 5.74) is 0. The molecule has 0 fully saturated rings. The van der Waals surface area contributed by atoms with Gasteiger partial charge in [0.05, 0.1) is 12.1 Å². The minimum absolute atomic E-state index is 0.0223. The van der Waals surface area contributed by atoms with Crippen molar-refractivity contribution in [2.75, 3.05) is 6.61 Å². The molecular weight excluding hydrogens is 342 g/mol. The first-order valence-electron chi connectivity index (χ1n) is 11.1. The van der Waals surface area contributed by atoms with E-state index in [-0.39, 0.29) is 12.5 Å². The molecule has 2 atom stereocenters. The lowest BCUT2D eigenvalue weighted by Gasteiger charge is -2.23. The molecule has 0 aliphatic heterocycles. The number of hydrogen-bond acceptors (Lipinski definition) is 4. The molecule has 5 nitrogen and oxygen atoms in total. The number of unbranched alkanes of at least 4 members (excludes halogenated alkanes) is 12. The van der Waals surface area contributed by atoms with Crippen molar-refractivity contribution in [1.29, 1.82) is 0 Å². The molecule has 0 saturated carbocycles. The highest BCUT2D eigenvalue weighted by atomic mass is 16.5. The van der Waals surface area contributed by atoms with E-state index in [1.807, 2.05) is 0 Å². The molecule has 0 aromatic heterocycles. The van der Waals surface area contributed by atoms with Crippen molar-refractivity contribution < 1.29 is 19.4 Å². The van der Waals surface area contributed by atoms with Crippen LogP contribution in [0, 0.1) is 0 Å². The van der Waals surface area contributed by atoms with Crippen LogP contribution in [0.4, 0.5) is 0 Å². The van der Waals surface area contributed by atoms with Crippen molar-refractivity contribution in [2.24, 2.45) is 0 Å². The van der Waals surface area contributed by atoms with Crippen LogP contribution in [0.5, 0.6) is 0 Å². The lowest BCUT2D eigenvalue weighted by Crippen LogP contribution is -2.45. The molecule has 0 heterocycles. The van der Waals surface area contributed by atoms with Crippen LogP contribution in [-0.2, 0) is 14.3 Å². The van der Waals surface area contributed by atoms with Gasteiger partial charge in [-0.05, 0) is 6.42 Å². The van der Waals surface area contributed by atoms with Gasteiger partial charge in [-0.2, -0.15) is 0 Å². The molecule has 0 rings (SSSR count). The van der Waals surface area contributed by atoms with Crippen LogP contribution in [-0.4, -0.2) is 35.7 Å². The van der Waals surface area contributed by atoms with E-state index in [0.29, 0.717) is 6.42 Å². The van der Waals surface area contributed by atoms with Gasteiger partial charge in [0.2, 0.25) is 5.91 Å². The van der Waals surface area contributed by atoms with Gasteiger partial charge in [0.25, 0.3) is 0 Å². The molecular formula is C22H43NO4. The highest BCUT2D eigenvalue weighted by Gasteiger charge is 2.21. The third kappa shape index (κ3) is 18.0. The molecule has 0 radical (unpaired) electrons. The second kappa shape index (κ2) is 18.3. The predicted molar refractivity (Wildman–Crippen MR) is 111 cm³/mol. The van der Waals surface area contributed by atoms with Crippen LogP contribution in [0.15, 0.2) is 0 Å². The summed E-state index contributed by atoms with van der Waals surface area (Å²) in [5, 5.41) is 12.9. The summed E-state index contributed by atoms with van der Waals surface area (Å²) < 4.78 is 4.93. The van der Waals surface area contributed by atoms with Crippen LogP contribution in [0.2, 0.25) is 0 Å². The van der Waals surface area contributed by atoms with E-state index in [4.69, 9.17) is 4.74 Å². The van der Waals surface area contributed by atoms with E-state index in [2.05, 4.69) is 12.2 Å². The number of aliphatic hydroxyl groups excluding tert-OH is 1. The summed E-state index contributed by atoms with van der Waals surface area (Å²) in [6, 6.07) is -0.524. The first kappa shape index (κ1) is 25.9. The molecule has 0 aliphatic rings. The molecule has 0 aromatic carbocycles. The minimum atomic E-state index is -0.680. The van der Waals surface area contributed by atoms with Gasteiger partial charge in [0.1, 0.15) is 6.61 Å². The van der Waals surface area contributed by atoms with Crippen LogP contribution >= 0.6 is 0 Å². The average molecular weight is 386 g/mol. The fourth-order valence-corrected chi connectivity index (χ4v) is 3.29. The first-order valence-corrected chi connectivity index (χ1v) is 11.1. The molecule has 2 N–H and O–H groups in total. The van der Waals surface area contributed by atoms with Gasteiger partial charge in [0.15, 0.2) is 0 Å². The van der Waals surface area contributed by atoms with Crippen molar-refractivity contribution in [3.63, 3.8) is 0 Å². The maximum Gasteiger partial charge on any atom is 0.302 e. The fourth-order valence-electron chi connectivity index (χ4n) is 3.29. The van der Waals surface area contributed by atoms with E-state index >= 15 is 0 Å². The van der Waals surface area contributed by atoms with Crippen molar-refractivity contribution in [3.05, 3.63) is 0 Å². The smallest absolute Gasteiger partial charge is 0.302 e. The highest BCUT2D eigenvalue weighted by molar-refractivity contribution is 5.73. The molecule has 0 aliphatic carbocycles. The second-order valence-electron chi connectivity index (χ2n) is 7.71.